The van der Waals surface area contributed by atoms with Gasteiger partial charge in [0.05, 0.1) is 50.9 Å². The first-order valence-corrected chi connectivity index (χ1v) is 16.7. The third-order valence-electron chi connectivity index (χ3n) is 8.24. The van der Waals surface area contributed by atoms with Gasteiger partial charge in [0, 0.05) is 36.6 Å². The zero-order valence-corrected chi connectivity index (χ0v) is 28.6. The Kier molecular flexibility index (Phi) is 16.0. The van der Waals surface area contributed by atoms with Gasteiger partial charge in [0.1, 0.15) is 48.8 Å². The van der Waals surface area contributed by atoms with Gasteiger partial charge in [-0.15, -0.1) is 0 Å². The minimum atomic E-state index is -1.61. The van der Waals surface area contributed by atoms with Crippen LogP contribution in [0.4, 0.5) is 0 Å². The van der Waals surface area contributed by atoms with Gasteiger partial charge in [-0.1, -0.05) is 0 Å². The molecule has 12 N–H and O–H groups in total. The van der Waals surface area contributed by atoms with Crippen LogP contribution in [0.2, 0.25) is 0 Å². The van der Waals surface area contributed by atoms with Crippen LogP contribution in [0.5, 0.6) is 0 Å². The highest BCUT2D eigenvalue weighted by Crippen LogP contribution is 2.23. The number of ether oxygens (including phenoxy) is 4. The molecule has 2 aromatic heterocycles. The Morgan fingerprint density at radius 1 is 0.593 bits per heavy atom. The van der Waals surface area contributed by atoms with Gasteiger partial charge in [0.15, 0.2) is 12.6 Å². The second-order valence-electron chi connectivity index (χ2n) is 12.1. The Labute approximate surface area is 307 Å². The molecule has 0 aromatic carbocycles. The first-order chi connectivity index (χ1) is 25.8. The molecule has 4 heterocycles. The standard InChI is InChI=1S/C32H44N6O16/c39-13-19-23(43)25(45)27(47)31(53-19)51-7-5-35-21(41)11-37-29(49)15-1-3-33-17(9-15)18-10-16(2-4-34-18)30(50)38-12-22(42)36-6-8-52-32-28(48)26(46)24(44)20(14-40)54-32/h1-4,9-10,19-20,23-28,31-32,39-40,43-48H,5-8,11-14H2,(H,35,41)(H,36,42)(H,37,49)(H,38,50)/t19-,20-,23+,24+,25+,26+,27-,28-,31+,32+/m0/s1. The van der Waals surface area contributed by atoms with Gasteiger partial charge < -0.3 is 81.1 Å². The largest absolute Gasteiger partial charge is 0.394 e. The predicted molar refractivity (Wildman–Crippen MR) is 178 cm³/mol. The molecule has 4 amide bonds. The quantitative estimate of drug-likeness (QED) is 0.0666. The smallest absolute Gasteiger partial charge is 0.251 e. The number of nitrogens with one attached hydrogen (secondary N) is 4. The van der Waals surface area contributed by atoms with Gasteiger partial charge in [0.2, 0.25) is 11.8 Å². The molecule has 0 radical (unpaired) electrons. The van der Waals surface area contributed by atoms with E-state index in [1.54, 1.807) is 0 Å². The van der Waals surface area contributed by atoms with Gasteiger partial charge in [-0.05, 0) is 24.3 Å². The summed E-state index contributed by atoms with van der Waals surface area (Å²) in [6.45, 7) is -2.53. The summed E-state index contributed by atoms with van der Waals surface area (Å²) in [5.41, 5.74) is 0.707. The summed E-state index contributed by atoms with van der Waals surface area (Å²) in [5.74, 6) is -2.40. The number of aliphatic hydroxyl groups excluding tert-OH is 8. The Bertz CT molecular complexity index is 1460. The lowest BCUT2D eigenvalue weighted by Crippen LogP contribution is -2.59. The number of carbonyl (C=O) groups is 4. The molecule has 2 aliphatic heterocycles. The van der Waals surface area contributed by atoms with Crippen molar-refractivity contribution in [2.45, 2.75) is 61.4 Å². The first-order valence-electron chi connectivity index (χ1n) is 16.7. The van der Waals surface area contributed by atoms with Crippen molar-refractivity contribution in [1.29, 1.82) is 0 Å². The van der Waals surface area contributed by atoms with Crippen molar-refractivity contribution in [1.82, 2.24) is 31.2 Å². The molecule has 22 heteroatoms. The molecule has 0 unspecified atom stereocenters. The molecule has 22 nitrogen and oxygen atoms in total. The number of hydrogen-bond acceptors (Lipinski definition) is 18. The minimum absolute atomic E-state index is 0.0626. The number of nitrogens with zero attached hydrogens (tertiary/aromatic N) is 2. The van der Waals surface area contributed by atoms with Crippen molar-refractivity contribution in [3.8, 4) is 11.4 Å². The van der Waals surface area contributed by atoms with Crippen LogP contribution in [0.25, 0.3) is 11.4 Å². The number of hydrogen-bond donors (Lipinski definition) is 12. The molecule has 2 fully saturated rings. The van der Waals surface area contributed by atoms with Crippen LogP contribution in [-0.4, -0.2) is 188 Å². The van der Waals surface area contributed by atoms with Gasteiger partial charge in [-0.2, -0.15) is 0 Å². The Hall–Kier alpha value is -4.30. The molecule has 2 saturated heterocycles. The van der Waals surface area contributed by atoms with E-state index in [0.29, 0.717) is 0 Å². The number of aromatic nitrogens is 2. The third kappa shape index (κ3) is 11.4. The second kappa shape index (κ2) is 20.4. The summed E-state index contributed by atoms with van der Waals surface area (Å²) in [7, 11) is 0. The van der Waals surface area contributed by atoms with Crippen LogP contribution in [0.15, 0.2) is 36.7 Å². The number of aliphatic hydroxyl groups is 8. The molecule has 0 spiro atoms. The van der Waals surface area contributed by atoms with E-state index in [4.69, 9.17) is 18.9 Å². The lowest BCUT2D eigenvalue weighted by Gasteiger charge is -2.39. The Morgan fingerprint density at radius 3 is 1.35 bits per heavy atom. The summed E-state index contributed by atoms with van der Waals surface area (Å²) in [6, 6.07) is 5.58. The van der Waals surface area contributed by atoms with Gasteiger partial charge >= 0.3 is 0 Å². The van der Waals surface area contributed by atoms with E-state index >= 15 is 0 Å². The van der Waals surface area contributed by atoms with Crippen LogP contribution < -0.4 is 21.3 Å². The molecule has 0 aliphatic carbocycles. The predicted octanol–water partition coefficient (Wildman–Crippen LogP) is -6.53. The fourth-order valence-corrected chi connectivity index (χ4v) is 5.22. The number of amides is 4. The molecule has 0 saturated carbocycles. The lowest BCUT2D eigenvalue weighted by molar-refractivity contribution is -0.300. The van der Waals surface area contributed by atoms with Crippen molar-refractivity contribution in [2.75, 3.05) is 52.6 Å². The zero-order valence-electron chi connectivity index (χ0n) is 28.6. The van der Waals surface area contributed by atoms with Crippen molar-refractivity contribution in [3.05, 3.63) is 47.8 Å². The van der Waals surface area contributed by atoms with Crippen molar-refractivity contribution in [3.63, 3.8) is 0 Å². The summed E-state index contributed by atoms with van der Waals surface area (Å²) in [5, 5.41) is 87.7. The van der Waals surface area contributed by atoms with E-state index in [9.17, 15) is 60.0 Å². The van der Waals surface area contributed by atoms with Crippen LogP contribution in [0.3, 0.4) is 0 Å². The van der Waals surface area contributed by atoms with Crippen LogP contribution >= 0.6 is 0 Å². The molecule has 10 atom stereocenters. The molecule has 2 aromatic rings. The maximum Gasteiger partial charge on any atom is 0.251 e. The molecule has 298 valence electrons. The highest BCUT2D eigenvalue weighted by atomic mass is 16.7. The Morgan fingerprint density at radius 2 is 0.981 bits per heavy atom. The first kappa shape index (κ1) is 42.4. The van der Waals surface area contributed by atoms with Crippen LogP contribution in [0.1, 0.15) is 20.7 Å². The third-order valence-corrected chi connectivity index (χ3v) is 8.24. The molecule has 4 rings (SSSR count). The SMILES string of the molecule is O=C(CNC(=O)c1ccnc(-c2cc(C(=O)NCC(=O)NCCO[C@@H]3O[C@@H](CO)[C@@H](O)[C@@H](O)[C@@H]3O)ccn2)c1)NCCO[C@@H]1O[C@@H](CO)[C@@H](O)[C@@H](O)[C@@H]1O. The summed E-state index contributed by atoms with van der Waals surface area (Å²) < 4.78 is 21.0. The van der Waals surface area contributed by atoms with Crippen molar-refractivity contribution < 1.29 is 79.0 Å². The molecular weight excluding hydrogens is 724 g/mol. The molecule has 0 bridgehead atoms. The second-order valence-corrected chi connectivity index (χ2v) is 12.1. The summed E-state index contributed by atoms with van der Waals surface area (Å²) in [4.78, 5) is 58.4. The van der Waals surface area contributed by atoms with Gasteiger partial charge in [0.25, 0.3) is 11.8 Å². The number of pyridine rings is 2. The normalized spacial score (nSPS) is 28.1. The Balaban J connectivity index is 1.17. The van der Waals surface area contributed by atoms with Crippen molar-refractivity contribution >= 4 is 23.6 Å². The average molecular weight is 769 g/mol. The summed E-state index contributed by atoms with van der Waals surface area (Å²) in [6.07, 6.45) is -11.8. The van der Waals surface area contributed by atoms with Gasteiger partial charge in [-0.25, -0.2) is 0 Å². The fourth-order valence-electron chi connectivity index (χ4n) is 5.22. The van der Waals surface area contributed by atoms with Crippen LogP contribution in [0, 0.1) is 0 Å². The van der Waals surface area contributed by atoms with E-state index in [2.05, 4.69) is 31.2 Å². The number of rotatable bonds is 17. The molecule has 2 aliphatic rings. The van der Waals surface area contributed by atoms with Crippen LogP contribution in [-0.2, 0) is 28.5 Å². The molecule has 54 heavy (non-hydrogen) atoms. The highest BCUT2D eigenvalue weighted by molar-refractivity contribution is 5.98. The maximum absolute atomic E-state index is 12.8. The van der Waals surface area contributed by atoms with E-state index in [0.717, 1.165) is 0 Å². The minimum Gasteiger partial charge on any atom is -0.394 e. The highest BCUT2D eigenvalue weighted by Gasteiger charge is 2.45. The fraction of sp³-hybridized carbons (Fsp3) is 0.562. The average Bonchev–Trinajstić information content (AvgIpc) is 3.19. The lowest BCUT2D eigenvalue weighted by atomic mass is 9.99. The van der Waals surface area contributed by atoms with Crippen molar-refractivity contribution in [2.24, 2.45) is 0 Å². The zero-order chi connectivity index (χ0) is 39.4. The van der Waals surface area contributed by atoms with E-state index in [1.807, 2.05) is 0 Å². The van der Waals surface area contributed by atoms with E-state index in [1.165, 1.54) is 36.7 Å². The molecular formula is C32H44N6O16. The topological polar surface area (TPSA) is 341 Å². The van der Waals surface area contributed by atoms with Gasteiger partial charge in [-0.3, -0.25) is 29.1 Å². The summed E-state index contributed by atoms with van der Waals surface area (Å²) >= 11 is 0. The number of carbonyl (C=O) groups excluding carboxylic acids is 4. The monoisotopic (exact) mass is 768 g/mol. The van der Waals surface area contributed by atoms with E-state index in [-0.39, 0.29) is 48.8 Å². The van der Waals surface area contributed by atoms with E-state index < -0.39 is 111 Å². The maximum atomic E-state index is 12.8.